The van der Waals surface area contributed by atoms with E-state index in [9.17, 15) is 13.2 Å². The van der Waals surface area contributed by atoms with E-state index in [0.717, 1.165) is 12.0 Å². The molecule has 0 aliphatic rings. The second-order valence-corrected chi connectivity index (χ2v) is 10.2. The third-order valence-electron chi connectivity index (χ3n) is 5.43. The molecule has 3 rings (SSSR count). The van der Waals surface area contributed by atoms with Crippen molar-refractivity contribution in [3.63, 3.8) is 0 Å². The fraction of sp³-hybridized carbons (Fsp3) is 0.269. The molecule has 0 aliphatic carbocycles. The Morgan fingerprint density at radius 2 is 1.55 bits per heavy atom. The molecule has 0 fully saturated rings. The van der Waals surface area contributed by atoms with Gasteiger partial charge in [-0.1, -0.05) is 44.2 Å². The third-order valence-corrected chi connectivity index (χ3v) is 7.23. The first-order valence-electron chi connectivity index (χ1n) is 10.8. The number of methoxy groups -OCH3 is 1. The zero-order chi connectivity index (χ0) is 24.0. The van der Waals surface area contributed by atoms with Crippen LogP contribution in [0.4, 0.5) is 5.69 Å². The van der Waals surface area contributed by atoms with E-state index >= 15 is 0 Å². The first-order valence-corrected chi connectivity index (χ1v) is 12.2. The van der Waals surface area contributed by atoms with Crippen LogP contribution in [0.15, 0.2) is 83.8 Å². The minimum Gasteiger partial charge on any atom is -0.497 e. The predicted molar refractivity (Wildman–Crippen MR) is 131 cm³/mol. The van der Waals surface area contributed by atoms with E-state index in [1.54, 1.807) is 36.4 Å². The number of benzene rings is 3. The minimum atomic E-state index is -3.74. The summed E-state index contributed by atoms with van der Waals surface area (Å²) in [5, 5.41) is 3.11. The predicted octanol–water partition coefficient (Wildman–Crippen LogP) is 5.04. The molecule has 1 amide bonds. The van der Waals surface area contributed by atoms with Crippen LogP contribution >= 0.6 is 0 Å². The van der Waals surface area contributed by atoms with Crippen LogP contribution in [0.1, 0.15) is 42.2 Å². The van der Waals surface area contributed by atoms with Crippen LogP contribution in [0.25, 0.3) is 0 Å². The molecule has 0 saturated carbocycles. The van der Waals surface area contributed by atoms with Crippen molar-refractivity contribution in [3.05, 3.63) is 90.0 Å². The summed E-state index contributed by atoms with van der Waals surface area (Å²) in [6.07, 6.45) is 0.816. The second-order valence-electron chi connectivity index (χ2n) is 8.26. The molecular weight excluding hydrogens is 436 g/mol. The lowest BCUT2D eigenvalue weighted by atomic mass is 9.96. The van der Waals surface area contributed by atoms with Crippen molar-refractivity contribution in [2.45, 2.75) is 31.2 Å². The van der Waals surface area contributed by atoms with Crippen LogP contribution in [-0.4, -0.2) is 28.5 Å². The summed E-state index contributed by atoms with van der Waals surface area (Å²) in [7, 11) is -0.727. The lowest BCUT2D eigenvalue weighted by Crippen LogP contribution is -2.30. The fourth-order valence-electron chi connectivity index (χ4n) is 3.54. The highest BCUT2D eigenvalue weighted by Crippen LogP contribution is 2.25. The van der Waals surface area contributed by atoms with Gasteiger partial charge in [-0.05, 0) is 66.4 Å². The molecule has 3 aromatic rings. The van der Waals surface area contributed by atoms with Crippen LogP contribution in [0.3, 0.4) is 0 Å². The zero-order valence-corrected chi connectivity index (χ0v) is 20.2. The van der Waals surface area contributed by atoms with Crippen molar-refractivity contribution in [2.75, 3.05) is 18.5 Å². The first kappa shape index (κ1) is 24.3. The molecule has 0 aliphatic heterocycles. The number of carbonyl (C=O) groups excluding carboxylic acids is 1. The summed E-state index contributed by atoms with van der Waals surface area (Å²) in [4.78, 5) is 13.1. The summed E-state index contributed by atoms with van der Waals surface area (Å²) >= 11 is 0. The van der Waals surface area contributed by atoms with Gasteiger partial charge in [0.1, 0.15) is 5.75 Å². The Balaban J connectivity index is 1.76. The maximum absolute atomic E-state index is 13.0. The van der Waals surface area contributed by atoms with E-state index in [4.69, 9.17) is 4.74 Å². The topological polar surface area (TPSA) is 75.7 Å². The van der Waals surface area contributed by atoms with Gasteiger partial charge >= 0.3 is 0 Å². The Hall–Kier alpha value is -3.32. The normalized spacial score (nSPS) is 12.3. The molecule has 1 unspecified atom stereocenters. The lowest BCUT2D eigenvalue weighted by Gasteiger charge is -2.22. The van der Waals surface area contributed by atoms with Gasteiger partial charge in [-0.25, -0.2) is 8.42 Å². The fourth-order valence-corrected chi connectivity index (χ4v) is 4.74. The maximum Gasteiger partial charge on any atom is 0.264 e. The number of nitrogens with zero attached hydrogens (tertiary/aromatic N) is 1. The monoisotopic (exact) mass is 466 g/mol. The van der Waals surface area contributed by atoms with Gasteiger partial charge in [0.15, 0.2) is 0 Å². The first-order chi connectivity index (χ1) is 15.7. The van der Waals surface area contributed by atoms with E-state index in [1.807, 2.05) is 30.3 Å². The standard InChI is InChI=1S/C26H30N2O4S/c1-19(2)18-25(20-8-6-5-7-9-20)27-26(29)21-10-12-22(13-11-21)28(3)33(30,31)24-16-14-23(32-4)15-17-24/h5-17,19,25H,18H2,1-4H3,(H,27,29). The van der Waals surface area contributed by atoms with E-state index in [2.05, 4.69) is 19.2 Å². The largest absolute Gasteiger partial charge is 0.497 e. The zero-order valence-electron chi connectivity index (χ0n) is 19.4. The SMILES string of the molecule is COc1ccc(S(=O)(=O)N(C)c2ccc(C(=O)NC(CC(C)C)c3ccccc3)cc2)cc1. The van der Waals surface area contributed by atoms with Gasteiger partial charge < -0.3 is 10.1 Å². The van der Waals surface area contributed by atoms with Gasteiger partial charge in [0.05, 0.1) is 23.7 Å². The molecule has 174 valence electrons. The molecule has 0 heterocycles. The molecule has 0 saturated heterocycles. The molecule has 33 heavy (non-hydrogen) atoms. The highest BCUT2D eigenvalue weighted by atomic mass is 32.2. The second kappa shape index (κ2) is 10.5. The third kappa shape index (κ3) is 5.93. The van der Waals surface area contributed by atoms with Crippen molar-refractivity contribution < 1.29 is 17.9 Å². The summed E-state index contributed by atoms with van der Waals surface area (Å²) in [6, 6.07) is 22.6. The smallest absolute Gasteiger partial charge is 0.264 e. The number of carbonyl (C=O) groups is 1. The van der Waals surface area contributed by atoms with Gasteiger partial charge in [-0.3, -0.25) is 9.10 Å². The number of nitrogens with one attached hydrogen (secondary N) is 1. The Morgan fingerprint density at radius 1 is 0.939 bits per heavy atom. The maximum atomic E-state index is 13.0. The number of rotatable bonds is 9. The van der Waals surface area contributed by atoms with Crippen molar-refractivity contribution in [1.82, 2.24) is 5.32 Å². The van der Waals surface area contributed by atoms with Gasteiger partial charge in [0.25, 0.3) is 15.9 Å². The van der Waals surface area contributed by atoms with Crippen molar-refractivity contribution >= 4 is 21.6 Å². The van der Waals surface area contributed by atoms with Crippen LogP contribution in [0.2, 0.25) is 0 Å². The number of hydrogen-bond acceptors (Lipinski definition) is 4. The van der Waals surface area contributed by atoms with Crippen LogP contribution in [0.5, 0.6) is 5.75 Å². The molecule has 0 radical (unpaired) electrons. The summed E-state index contributed by atoms with van der Waals surface area (Å²) in [5.41, 5.74) is 1.99. The molecule has 7 heteroatoms. The molecule has 0 bridgehead atoms. The molecule has 1 atom stereocenters. The van der Waals surface area contributed by atoms with E-state index in [-0.39, 0.29) is 16.8 Å². The van der Waals surface area contributed by atoms with Crippen LogP contribution < -0.4 is 14.4 Å². The average Bonchev–Trinajstić information content (AvgIpc) is 2.83. The highest BCUT2D eigenvalue weighted by molar-refractivity contribution is 7.92. The van der Waals surface area contributed by atoms with Crippen LogP contribution in [-0.2, 0) is 10.0 Å². The van der Waals surface area contributed by atoms with Gasteiger partial charge in [0, 0.05) is 12.6 Å². The van der Waals surface area contributed by atoms with Gasteiger partial charge in [-0.15, -0.1) is 0 Å². The summed E-state index contributed by atoms with van der Waals surface area (Å²) in [6.45, 7) is 4.24. The molecular formula is C26H30N2O4S. The van der Waals surface area contributed by atoms with Gasteiger partial charge in [-0.2, -0.15) is 0 Å². The molecule has 3 aromatic carbocycles. The lowest BCUT2D eigenvalue weighted by molar-refractivity contribution is 0.0932. The molecule has 0 aromatic heterocycles. The average molecular weight is 467 g/mol. The number of sulfonamides is 1. The highest BCUT2D eigenvalue weighted by Gasteiger charge is 2.22. The van der Waals surface area contributed by atoms with Crippen molar-refractivity contribution in [1.29, 1.82) is 0 Å². The Labute approximate surface area is 196 Å². The quantitative estimate of drug-likeness (QED) is 0.479. The van der Waals surface area contributed by atoms with E-state index in [1.165, 1.54) is 30.6 Å². The molecule has 6 nitrogen and oxygen atoms in total. The van der Waals surface area contributed by atoms with Gasteiger partial charge in [0.2, 0.25) is 0 Å². The summed E-state index contributed by atoms with van der Waals surface area (Å²) < 4.78 is 32.2. The number of hydrogen-bond donors (Lipinski definition) is 1. The van der Waals surface area contributed by atoms with E-state index < -0.39 is 10.0 Å². The molecule has 1 N–H and O–H groups in total. The minimum absolute atomic E-state index is 0.100. The van der Waals surface area contributed by atoms with Crippen molar-refractivity contribution in [3.8, 4) is 5.75 Å². The van der Waals surface area contributed by atoms with E-state index in [0.29, 0.717) is 22.9 Å². The number of ether oxygens (including phenoxy) is 1. The van der Waals surface area contributed by atoms with Crippen molar-refractivity contribution in [2.24, 2.45) is 5.92 Å². The summed E-state index contributed by atoms with van der Waals surface area (Å²) in [5.74, 6) is 0.796. The van der Waals surface area contributed by atoms with Crippen LogP contribution in [0, 0.1) is 5.92 Å². The number of amides is 1. The molecule has 0 spiro atoms. The Morgan fingerprint density at radius 3 is 2.09 bits per heavy atom. The Kier molecular flexibility index (Phi) is 7.76. The Bertz CT molecular complexity index is 1160. The number of anilines is 1.